The van der Waals surface area contributed by atoms with Crippen LogP contribution in [-0.4, -0.2) is 37.1 Å². The summed E-state index contributed by atoms with van der Waals surface area (Å²) in [5.74, 6) is 0.904. The van der Waals surface area contributed by atoms with Gasteiger partial charge in [0, 0.05) is 21.0 Å². The third-order valence-electron chi connectivity index (χ3n) is 5.46. The average Bonchev–Trinajstić information content (AvgIpc) is 2.77. The first-order valence-corrected chi connectivity index (χ1v) is 12.3. The molecule has 0 aliphatic heterocycles. The molecular weight excluding hydrogens is 540 g/mol. The molecule has 2 N–H and O–H groups in total. The molecule has 0 radical (unpaired) electrons. The van der Waals surface area contributed by atoms with E-state index in [-0.39, 0.29) is 37.1 Å². The van der Waals surface area contributed by atoms with E-state index in [0.29, 0.717) is 11.5 Å². The first-order valence-electron chi connectivity index (χ1n) is 10.7. The van der Waals surface area contributed by atoms with Crippen LogP contribution >= 0.6 is 31.9 Å². The van der Waals surface area contributed by atoms with Crippen LogP contribution in [0.15, 0.2) is 45.3 Å². The second-order valence-electron chi connectivity index (χ2n) is 8.03. The fourth-order valence-electron chi connectivity index (χ4n) is 3.68. The smallest absolute Gasteiger partial charge is 0.258 e. The van der Waals surface area contributed by atoms with E-state index in [1.165, 1.54) is 0 Å². The summed E-state index contributed by atoms with van der Waals surface area (Å²) in [7, 11) is 0. The molecule has 1 fully saturated rings. The molecule has 1 aliphatic carbocycles. The normalized spacial score (nSPS) is 18.0. The Hall–Kier alpha value is -2.06. The number of hydrogen-bond donors (Lipinski definition) is 2. The standard InChI is InChI=1S/C24H28Br2N2O4/c1-15-11-17(7-9-19(15)25)31-13-23(29)27-21-5-3-4-6-22(21)28-24(30)14-32-18-8-10-20(26)16(2)12-18/h7-12,21-22H,3-6,13-14H2,1-2H3,(H,27,29)(H,28,30). The minimum absolute atomic E-state index is 0.0652. The van der Waals surface area contributed by atoms with Crippen molar-refractivity contribution in [2.45, 2.75) is 51.6 Å². The zero-order valence-electron chi connectivity index (χ0n) is 18.3. The van der Waals surface area contributed by atoms with Crippen LogP contribution in [0, 0.1) is 13.8 Å². The zero-order chi connectivity index (χ0) is 23.1. The molecule has 32 heavy (non-hydrogen) atoms. The Bertz CT molecular complexity index is 890. The Labute approximate surface area is 205 Å². The second-order valence-corrected chi connectivity index (χ2v) is 9.74. The van der Waals surface area contributed by atoms with E-state index >= 15 is 0 Å². The van der Waals surface area contributed by atoms with Crippen molar-refractivity contribution < 1.29 is 19.1 Å². The van der Waals surface area contributed by atoms with Gasteiger partial charge in [0.2, 0.25) is 0 Å². The van der Waals surface area contributed by atoms with Crippen molar-refractivity contribution in [1.29, 1.82) is 0 Å². The lowest BCUT2D eigenvalue weighted by Gasteiger charge is -2.32. The van der Waals surface area contributed by atoms with Crippen LogP contribution < -0.4 is 20.1 Å². The highest BCUT2D eigenvalue weighted by molar-refractivity contribution is 9.10. The minimum atomic E-state index is -0.196. The zero-order valence-corrected chi connectivity index (χ0v) is 21.4. The number of benzene rings is 2. The minimum Gasteiger partial charge on any atom is -0.484 e. The van der Waals surface area contributed by atoms with E-state index in [1.807, 2.05) is 50.2 Å². The Morgan fingerprint density at radius 1 is 0.812 bits per heavy atom. The fraction of sp³-hybridized carbons (Fsp3) is 0.417. The first-order chi connectivity index (χ1) is 15.3. The SMILES string of the molecule is Cc1cc(OCC(=O)NC2CCCCC2NC(=O)COc2ccc(Br)c(C)c2)ccc1Br. The summed E-state index contributed by atoms with van der Waals surface area (Å²) in [6, 6.07) is 11.0. The molecule has 2 aromatic carbocycles. The molecule has 1 saturated carbocycles. The van der Waals surface area contributed by atoms with Gasteiger partial charge in [0.05, 0.1) is 0 Å². The van der Waals surface area contributed by atoms with Gasteiger partial charge in [0.25, 0.3) is 11.8 Å². The van der Waals surface area contributed by atoms with E-state index in [0.717, 1.165) is 45.8 Å². The van der Waals surface area contributed by atoms with Gasteiger partial charge in [-0.2, -0.15) is 0 Å². The van der Waals surface area contributed by atoms with Crippen LogP contribution in [0.3, 0.4) is 0 Å². The maximum Gasteiger partial charge on any atom is 0.258 e. The number of carbonyl (C=O) groups is 2. The van der Waals surface area contributed by atoms with Crippen LogP contribution in [0.1, 0.15) is 36.8 Å². The number of ether oxygens (including phenoxy) is 2. The first kappa shape index (κ1) is 24.6. The molecule has 172 valence electrons. The number of aryl methyl sites for hydroxylation is 2. The van der Waals surface area contributed by atoms with E-state index in [2.05, 4.69) is 42.5 Å². The molecule has 0 saturated heterocycles. The molecule has 8 heteroatoms. The number of carbonyl (C=O) groups excluding carboxylic acids is 2. The van der Waals surface area contributed by atoms with E-state index < -0.39 is 0 Å². The van der Waals surface area contributed by atoms with Crippen LogP contribution in [0.2, 0.25) is 0 Å². The summed E-state index contributed by atoms with van der Waals surface area (Å²) in [6.45, 7) is 3.80. The van der Waals surface area contributed by atoms with Gasteiger partial charge in [-0.1, -0.05) is 44.7 Å². The molecule has 3 rings (SSSR count). The van der Waals surface area contributed by atoms with E-state index in [1.54, 1.807) is 0 Å². The molecule has 2 unspecified atom stereocenters. The van der Waals surface area contributed by atoms with Crippen molar-refractivity contribution in [3.05, 3.63) is 56.5 Å². The van der Waals surface area contributed by atoms with Crippen LogP contribution in [-0.2, 0) is 9.59 Å². The summed E-state index contributed by atoms with van der Waals surface area (Å²) in [5.41, 5.74) is 2.08. The maximum atomic E-state index is 12.5. The fourth-order valence-corrected chi connectivity index (χ4v) is 4.18. The number of amides is 2. The Morgan fingerprint density at radius 2 is 1.22 bits per heavy atom. The lowest BCUT2D eigenvalue weighted by Crippen LogP contribution is -2.54. The summed E-state index contributed by atoms with van der Waals surface area (Å²) in [6.07, 6.45) is 3.67. The predicted molar refractivity (Wildman–Crippen MR) is 131 cm³/mol. The van der Waals surface area contributed by atoms with E-state index in [4.69, 9.17) is 9.47 Å². The lowest BCUT2D eigenvalue weighted by molar-refractivity contribution is -0.127. The predicted octanol–water partition coefficient (Wildman–Crippen LogP) is 4.83. The van der Waals surface area contributed by atoms with Gasteiger partial charge in [-0.25, -0.2) is 0 Å². The Morgan fingerprint density at radius 3 is 1.59 bits per heavy atom. The summed E-state index contributed by atoms with van der Waals surface area (Å²) >= 11 is 6.90. The topological polar surface area (TPSA) is 76.7 Å². The molecule has 0 aromatic heterocycles. The molecular formula is C24H28Br2N2O4. The highest BCUT2D eigenvalue weighted by Gasteiger charge is 2.28. The Kier molecular flexibility index (Phi) is 8.99. The van der Waals surface area contributed by atoms with Crippen molar-refractivity contribution in [3.63, 3.8) is 0 Å². The molecule has 0 heterocycles. The number of nitrogens with one attached hydrogen (secondary N) is 2. The molecule has 2 aromatic rings. The van der Waals surface area contributed by atoms with E-state index in [9.17, 15) is 9.59 Å². The second kappa shape index (κ2) is 11.7. The number of hydrogen-bond acceptors (Lipinski definition) is 4. The highest BCUT2D eigenvalue weighted by Crippen LogP contribution is 2.23. The molecule has 2 amide bonds. The Balaban J connectivity index is 1.47. The lowest BCUT2D eigenvalue weighted by atomic mass is 9.90. The third-order valence-corrected chi connectivity index (χ3v) is 7.24. The molecule has 0 bridgehead atoms. The van der Waals surface area contributed by atoms with Crippen molar-refractivity contribution >= 4 is 43.7 Å². The highest BCUT2D eigenvalue weighted by atomic mass is 79.9. The van der Waals surface area contributed by atoms with Crippen molar-refractivity contribution in [2.24, 2.45) is 0 Å². The monoisotopic (exact) mass is 566 g/mol. The average molecular weight is 568 g/mol. The largest absolute Gasteiger partial charge is 0.484 e. The maximum absolute atomic E-state index is 12.5. The molecule has 0 spiro atoms. The van der Waals surface area contributed by atoms with Gasteiger partial charge in [0.1, 0.15) is 11.5 Å². The van der Waals surface area contributed by atoms with Gasteiger partial charge >= 0.3 is 0 Å². The van der Waals surface area contributed by atoms with Crippen molar-refractivity contribution in [2.75, 3.05) is 13.2 Å². The molecule has 1 aliphatic rings. The van der Waals surface area contributed by atoms with Gasteiger partial charge in [-0.15, -0.1) is 0 Å². The van der Waals surface area contributed by atoms with Gasteiger partial charge < -0.3 is 20.1 Å². The number of halogens is 2. The number of rotatable bonds is 8. The van der Waals surface area contributed by atoms with Crippen LogP contribution in [0.25, 0.3) is 0 Å². The summed E-state index contributed by atoms with van der Waals surface area (Å²) in [5, 5.41) is 6.05. The summed E-state index contributed by atoms with van der Waals surface area (Å²) < 4.78 is 13.2. The summed E-state index contributed by atoms with van der Waals surface area (Å²) in [4.78, 5) is 24.9. The van der Waals surface area contributed by atoms with Gasteiger partial charge in [0.15, 0.2) is 13.2 Å². The third kappa shape index (κ3) is 7.24. The van der Waals surface area contributed by atoms with Crippen LogP contribution in [0.5, 0.6) is 11.5 Å². The quantitative estimate of drug-likeness (QED) is 0.479. The molecule has 6 nitrogen and oxygen atoms in total. The van der Waals surface area contributed by atoms with Crippen molar-refractivity contribution in [1.82, 2.24) is 10.6 Å². The molecule has 2 atom stereocenters. The van der Waals surface area contributed by atoms with Crippen LogP contribution in [0.4, 0.5) is 0 Å². The van der Waals surface area contributed by atoms with Gasteiger partial charge in [-0.3, -0.25) is 9.59 Å². The van der Waals surface area contributed by atoms with Crippen molar-refractivity contribution in [3.8, 4) is 11.5 Å². The van der Waals surface area contributed by atoms with Gasteiger partial charge in [-0.05, 0) is 74.2 Å².